The lowest BCUT2D eigenvalue weighted by atomic mass is 10.0. The van der Waals surface area contributed by atoms with Crippen molar-refractivity contribution in [2.75, 3.05) is 6.54 Å². The molecule has 0 unspecified atom stereocenters. The van der Waals surface area contributed by atoms with Crippen molar-refractivity contribution in [3.63, 3.8) is 0 Å². The van der Waals surface area contributed by atoms with Crippen molar-refractivity contribution >= 4 is 23.4 Å². The zero-order valence-corrected chi connectivity index (χ0v) is 18.3. The lowest BCUT2D eigenvalue weighted by Crippen LogP contribution is -2.37. The fourth-order valence-corrected chi connectivity index (χ4v) is 4.01. The van der Waals surface area contributed by atoms with Gasteiger partial charge in [-0.25, -0.2) is 4.98 Å². The number of carbonyl (C=O) groups excluding carboxylic acids is 2. The van der Waals surface area contributed by atoms with Crippen molar-refractivity contribution in [1.29, 1.82) is 0 Å². The standard InChI is InChI=1S/C24H25ClN4O2/c1-16-3-5-17(6-4-16)14-29-15-19(13-21(29)30)24(31)27-22(23-26-11-12-28(23)2)18-7-9-20(25)10-8-18/h3-12,19,22H,13-15H2,1-2H3,(H,27,31)/t19-,22+/m1/s1. The summed E-state index contributed by atoms with van der Waals surface area (Å²) in [6.07, 6.45) is 3.76. The number of nitrogens with one attached hydrogen (secondary N) is 1. The number of aromatic nitrogens is 2. The van der Waals surface area contributed by atoms with Crippen molar-refractivity contribution < 1.29 is 9.59 Å². The van der Waals surface area contributed by atoms with E-state index in [0.717, 1.165) is 17.0 Å². The molecule has 160 valence electrons. The van der Waals surface area contributed by atoms with Crippen LogP contribution in [0.1, 0.15) is 35.0 Å². The number of likely N-dealkylation sites (tertiary alicyclic amines) is 1. The summed E-state index contributed by atoms with van der Waals surface area (Å²) in [6.45, 7) is 2.96. The first-order valence-electron chi connectivity index (χ1n) is 10.3. The molecular formula is C24H25ClN4O2. The highest BCUT2D eigenvalue weighted by Crippen LogP contribution is 2.25. The van der Waals surface area contributed by atoms with Crippen LogP contribution < -0.4 is 5.32 Å². The van der Waals surface area contributed by atoms with Gasteiger partial charge in [-0.05, 0) is 30.2 Å². The molecule has 0 bridgehead atoms. The monoisotopic (exact) mass is 436 g/mol. The minimum atomic E-state index is -0.425. The van der Waals surface area contributed by atoms with Crippen LogP contribution in [-0.2, 0) is 23.2 Å². The molecule has 1 N–H and O–H groups in total. The van der Waals surface area contributed by atoms with Gasteiger partial charge in [0.25, 0.3) is 0 Å². The van der Waals surface area contributed by atoms with Crippen LogP contribution in [0, 0.1) is 12.8 Å². The van der Waals surface area contributed by atoms with Gasteiger partial charge in [-0.1, -0.05) is 53.6 Å². The molecule has 1 aliphatic heterocycles. The number of nitrogens with zero attached hydrogens (tertiary/aromatic N) is 3. The van der Waals surface area contributed by atoms with Gasteiger partial charge in [0.2, 0.25) is 11.8 Å². The van der Waals surface area contributed by atoms with Gasteiger partial charge in [-0.3, -0.25) is 9.59 Å². The van der Waals surface area contributed by atoms with Gasteiger partial charge in [0.15, 0.2) is 0 Å². The van der Waals surface area contributed by atoms with Crippen molar-refractivity contribution in [3.8, 4) is 0 Å². The van der Waals surface area contributed by atoms with Gasteiger partial charge in [0.1, 0.15) is 11.9 Å². The van der Waals surface area contributed by atoms with E-state index in [1.807, 2.05) is 61.1 Å². The predicted octanol–water partition coefficient (Wildman–Crippen LogP) is 3.64. The Hall–Kier alpha value is -3.12. The van der Waals surface area contributed by atoms with Crippen LogP contribution in [0.25, 0.3) is 0 Å². The van der Waals surface area contributed by atoms with Crippen LogP contribution >= 0.6 is 11.6 Å². The number of amides is 2. The highest BCUT2D eigenvalue weighted by Gasteiger charge is 2.35. The minimum absolute atomic E-state index is 0.000703. The molecule has 31 heavy (non-hydrogen) atoms. The van der Waals surface area contributed by atoms with Crippen LogP contribution in [0.4, 0.5) is 0 Å². The number of hydrogen-bond donors (Lipinski definition) is 1. The number of benzene rings is 2. The maximum atomic E-state index is 13.1. The largest absolute Gasteiger partial charge is 0.342 e. The molecule has 0 aliphatic carbocycles. The molecule has 1 aromatic heterocycles. The Kier molecular flexibility index (Phi) is 6.09. The first-order valence-corrected chi connectivity index (χ1v) is 10.6. The second kappa shape index (κ2) is 8.94. The fraction of sp³-hybridized carbons (Fsp3) is 0.292. The van der Waals surface area contributed by atoms with Crippen LogP contribution in [0.2, 0.25) is 5.02 Å². The third-order valence-corrected chi connectivity index (χ3v) is 5.94. The average molecular weight is 437 g/mol. The second-order valence-corrected chi connectivity index (χ2v) is 8.49. The van der Waals surface area contributed by atoms with Crippen molar-refractivity contribution in [3.05, 3.63) is 88.5 Å². The third kappa shape index (κ3) is 4.80. The second-order valence-electron chi connectivity index (χ2n) is 8.05. The lowest BCUT2D eigenvalue weighted by Gasteiger charge is -2.21. The van der Waals surface area contributed by atoms with Gasteiger partial charge in [-0.2, -0.15) is 0 Å². The normalized spacial score (nSPS) is 17.1. The van der Waals surface area contributed by atoms with Gasteiger partial charge < -0.3 is 14.8 Å². The molecule has 1 fully saturated rings. The molecule has 2 amide bonds. The summed E-state index contributed by atoms with van der Waals surface area (Å²) in [7, 11) is 1.89. The Morgan fingerprint density at radius 2 is 1.90 bits per heavy atom. The SMILES string of the molecule is Cc1ccc(CN2C[C@H](C(=O)N[C@@H](c3ccc(Cl)cc3)c3nccn3C)CC2=O)cc1. The number of carbonyl (C=O) groups is 2. The Labute approximate surface area is 186 Å². The summed E-state index contributed by atoms with van der Waals surface area (Å²) >= 11 is 6.04. The molecule has 0 radical (unpaired) electrons. The molecule has 4 rings (SSSR count). The summed E-state index contributed by atoms with van der Waals surface area (Å²) in [5.41, 5.74) is 3.12. The molecule has 2 heterocycles. The maximum Gasteiger partial charge on any atom is 0.226 e. The van der Waals surface area contributed by atoms with E-state index < -0.39 is 12.0 Å². The summed E-state index contributed by atoms with van der Waals surface area (Å²) in [4.78, 5) is 31.9. The predicted molar refractivity (Wildman–Crippen MR) is 119 cm³/mol. The maximum absolute atomic E-state index is 13.1. The van der Waals surface area contributed by atoms with Crippen LogP contribution in [0.3, 0.4) is 0 Å². The average Bonchev–Trinajstić information content (AvgIpc) is 3.34. The van der Waals surface area contributed by atoms with Gasteiger partial charge >= 0.3 is 0 Å². The Balaban J connectivity index is 1.48. The van der Waals surface area contributed by atoms with E-state index in [1.54, 1.807) is 23.2 Å². The molecular weight excluding hydrogens is 412 g/mol. The van der Waals surface area contributed by atoms with Crippen molar-refractivity contribution in [1.82, 2.24) is 19.8 Å². The highest BCUT2D eigenvalue weighted by molar-refractivity contribution is 6.30. The van der Waals surface area contributed by atoms with Crippen molar-refractivity contribution in [2.24, 2.45) is 13.0 Å². The number of aryl methyl sites for hydroxylation is 2. The topological polar surface area (TPSA) is 67.2 Å². The Morgan fingerprint density at radius 3 is 2.55 bits per heavy atom. The van der Waals surface area contributed by atoms with Crippen LogP contribution in [-0.4, -0.2) is 32.8 Å². The number of rotatable bonds is 6. The van der Waals surface area contributed by atoms with Crippen molar-refractivity contribution in [2.45, 2.75) is 25.9 Å². The van der Waals surface area contributed by atoms with Crippen LogP contribution in [0.15, 0.2) is 60.9 Å². The first kappa shape index (κ1) is 21.1. The number of hydrogen-bond acceptors (Lipinski definition) is 3. The van der Waals surface area contributed by atoms with E-state index in [9.17, 15) is 9.59 Å². The van der Waals surface area contributed by atoms with E-state index in [0.29, 0.717) is 18.1 Å². The van der Waals surface area contributed by atoms with E-state index in [-0.39, 0.29) is 18.2 Å². The molecule has 7 heteroatoms. The molecule has 0 spiro atoms. The highest BCUT2D eigenvalue weighted by atomic mass is 35.5. The van der Waals surface area contributed by atoms with E-state index in [1.165, 1.54) is 5.56 Å². The molecule has 0 saturated carbocycles. The van der Waals surface area contributed by atoms with Crippen LogP contribution in [0.5, 0.6) is 0 Å². The Bertz CT molecular complexity index is 1080. The van der Waals surface area contributed by atoms with E-state index >= 15 is 0 Å². The summed E-state index contributed by atoms with van der Waals surface area (Å²) < 4.78 is 1.88. The summed E-state index contributed by atoms with van der Waals surface area (Å²) in [6, 6.07) is 15.0. The number of imidazole rings is 1. The Morgan fingerprint density at radius 1 is 1.19 bits per heavy atom. The van der Waals surface area contributed by atoms with Gasteiger partial charge in [0.05, 0.1) is 5.92 Å². The molecule has 1 aliphatic rings. The first-order chi connectivity index (χ1) is 14.9. The molecule has 6 nitrogen and oxygen atoms in total. The summed E-state index contributed by atoms with van der Waals surface area (Å²) in [5.74, 6) is 0.174. The zero-order chi connectivity index (χ0) is 22.0. The molecule has 1 saturated heterocycles. The quantitative estimate of drug-likeness (QED) is 0.641. The van der Waals surface area contributed by atoms with E-state index in [2.05, 4.69) is 10.3 Å². The smallest absolute Gasteiger partial charge is 0.226 e. The molecule has 2 atom stereocenters. The van der Waals surface area contributed by atoms with Gasteiger partial charge in [0, 0.05) is 44.0 Å². The minimum Gasteiger partial charge on any atom is -0.342 e. The molecule has 3 aromatic rings. The van der Waals surface area contributed by atoms with Gasteiger partial charge in [-0.15, -0.1) is 0 Å². The molecule has 2 aromatic carbocycles. The number of halogens is 1. The fourth-order valence-electron chi connectivity index (χ4n) is 3.88. The lowest BCUT2D eigenvalue weighted by molar-refractivity contribution is -0.129. The zero-order valence-electron chi connectivity index (χ0n) is 17.6. The third-order valence-electron chi connectivity index (χ3n) is 5.69. The van der Waals surface area contributed by atoms with E-state index in [4.69, 9.17) is 11.6 Å². The summed E-state index contributed by atoms with van der Waals surface area (Å²) in [5, 5.41) is 3.73.